The molecule has 100 valence electrons. The molecule has 2 aromatic carbocycles. The van der Waals surface area contributed by atoms with Crippen LogP contribution < -0.4 is 0 Å². The lowest BCUT2D eigenvalue weighted by molar-refractivity contribution is 1.30. The van der Waals surface area contributed by atoms with Gasteiger partial charge in [-0.2, -0.15) is 0 Å². The van der Waals surface area contributed by atoms with Crippen LogP contribution in [0.1, 0.15) is 16.7 Å². The van der Waals surface area contributed by atoms with Gasteiger partial charge >= 0.3 is 0 Å². The number of nitrogens with zero attached hydrogens (tertiary/aromatic N) is 1. The molecule has 3 aromatic rings. The Balaban J connectivity index is 2.39. The summed E-state index contributed by atoms with van der Waals surface area (Å²) in [7, 11) is 0. The molecule has 1 nitrogen and oxygen atoms in total. The second-order valence-electron chi connectivity index (χ2n) is 5.24. The summed E-state index contributed by atoms with van der Waals surface area (Å²) in [5, 5.41) is 1.88. The SMILES string of the molecule is Cc1cc(C)c2c(Cl)c(C)c(-c3ccccc3)nc2c1. The number of pyridine rings is 1. The van der Waals surface area contributed by atoms with Crippen molar-refractivity contribution in [3.8, 4) is 11.3 Å². The average molecular weight is 282 g/mol. The zero-order valence-electron chi connectivity index (χ0n) is 11.9. The lowest BCUT2D eigenvalue weighted by Crippen LogP contribution is -1.94. The number of rotatable bonds is 1. The van der Waals surface area contributed by atoms with Crippen molar-refractivity contribution in [1.82, 2.24) is 4.98 Å². The number of aromatic nitrogens is 1. The fourth-order valence-electron chi connectivity index (χ4n) is 2.69. The lowest BCUT2D eigenvalue weighted by Gasteiger charge is -2.13. The zero-order valence-corrected chi connectivity index (χ0v) is 12.6. The average Bonchev–Trinajstić information content (AvgIpc) is 2.43. The van der Waals surface area contributed by atoms with Gasteiger partial charge in [-0.3, -0.25) is 0 Å². The van der Waals surface area contributed by atoms with Crippen molar-refractivity contribution in [2.45, 2.75) is 20.8 Å². The van der Waals surface area contributed by atoms with Gasteiger partial charge in [0.15, 0.2) is 0 Å². The largest absolute Gasteiger partial charge is 0.247 e. The van der Waals surface area contributed by atoms with Crippen molar-refractivity contribution in [3.63, 3.8) is 0 Å². The van der Waals surface area contributed by atoms with Gasteiger partial charge in [-0.15, -0.1) is 0 Å². The number of fused-ring (bicyclic) bond motifs is 1. The first-order chi connectivity index (χ1) is 9.58. The van der Waals surface area contributed by atoms with Gasteiger partial charge < -0.3 is 0 Å². The molecule has 0 bridgehead atoms. The molecular weight excluding hydrogens is 266 g/mol. The maximum Gasteiger partial charge on any atom is 0.0753 e. The van der Waals surface area contributed by atoms with Crippen molar-refractivity contribution in [2.75, 3.05) is 0 Å². The van der Waals surface area contributed by atoms with E-state index in [9.17, 15) is 0 Å². The van der Waals surface area contributed by atoms with Crippen LogP contribution in [-0.4, -0.2) is 4.98 Å². The molecule has 0 atom stereocenters. The highest BCUT2D eigenvalue weighted by molar-refractivity contribution is 6.36. The van der Waals surface area contributed by atoms with Crippen LogP contribution in [0.5, 0.6) is 0 Å². The molecule has 0 N–H and O–H groups in total. The molecule has 0 unspecified atom stereocenters. The summed E-state index contributed by atoms with van der Waals surface area (Å²) in [6.45, 7) is 6.21. The molecule has 1 aromatic heterocycles. The smallest absolute Gasteiger partial charge is 0.0753 e. The normalized spacial score (nSPS) is 11.0. The van der Waals surface area contributed by atoms with E-state index in [4.69, 9.17) is 16.6 Å². The predicted octanol–water partition coefficient (Wildman–Crippen LogP) is 5.48. The van der Waals surface area contributed by atoms with Crippen LogP contribution in [0, 0.1) is 20.8 Å². The maximum atomic E-state index is 6.60. The molecule has 0 saturated carbocycles. The molecular formula is C18H16ClN. The first-order valence-electron chi connectivity index (χ1n) is 6.70. The van der Waals surface area contributed by atoms with Crippen LogP contribution >= 0.6 is 11.6 Å². The fraction of sp³-hybridized carbons (Fsp3) is 0.167. The second-order valence-corrected chi connectivity index (χ2v) is 5.62. The van der Waals surface area contributed by atoms with Crippen LogP contribution in [-0.2, 0) is 0 Å². The van der Waals surface area contributed by atoms with Gasteiger partial charge in [0, 0.05) is 10.9 Å². The Morgan fingerprint density at radius 2 is 1.65 bits per heavy atom. The summed E-state index contributed by atoms with van der Waals surface area (Å²) in [6, 6.07) is 14.4. The van der Waals surface area contributed by atoms with Crippen LogP contribution in [0.15, 0.2) is 42.5 Å². The minimum atomic E-state index is 0.811. The van der Waals surface area contributed by atoms with E-state index in [1.807, 2.05) is 25.1 Å². The van der Waals surface area contributed by atoms with Crippen LogP contribution in [0.4, 0.5) is 0 Å². The molecule has 0 aliphatic carbocycles. The summed E-state index contributed by atoms with van der Waals surface area (Å²) in [6.07, 6.45) is 0. The van der Waals surface area contributed by atoms with E-state index in [0.29, 0.717) is 0 Å². The van der Waals surface area contributed by atoms with Crippen LogP contribution in [0.3, 0.4) is 0 Å². The number of aryl methyl sites for hydroxylation is 2. The van der Waals surface area contributed by atoms with Gasteiger partial charge in [0.1, 0.15) is 0 Å². The molecule has 20 heavy (non-hydrogen) atoms. The van der Waals surface area contributed by atoms with Gasteiger partial charge in [0.25, 0.3) is 0 Å². The molecule has 1 heterocycles. The minimum Gasteiger partial charge on any atom is -0.247 e. The molecule has 0 saturated heterocycles. The molecule has 3 rings (SSSR count). The molecule has 0 aliphatic heterocycles. The van der Waals surface area contributed by atoms with E-state index in [1.54, 1.807) is 0 Å². The van der Waals surface area contributed by atoms with Crippen molar-refractivity contribution < 1.29 is 0 Å². The first-order valence-corrected chi connectivity index (χ1v) is 7.08. The monoisotopic (exact) mass is 281 g/mol. The molecule has 2 heteroatoms. The Bertz CT molecular complexity index is 792. The highest BCUT2D eigenvalue weighted by atomic mass is 35.5. The predicted molar refractivity (Wildman–Crippen MR) is 86.4 cm³/mol. The zero-order chi connectivity index (χ0) is 14.3. The van der Waals surface area contributed by atoms with Crippen molar-refractivity contribution in [2.24, 2.45) is 0 Å². The Labute approximate surface area is 124 Å². The van der Waals surface area contributed by atoms with Crippen LogP contribution in [0.2, 0.25) is 5.02 Å². The van der Waals surface area contributed by atoms with E-state index in [2.05, 4.69) is 38.1 Å². The van der Waals surface area contributed by atoms with Gasteiger partial charge in [0.2, 0.25) is 0 Å². The summed E-state index contributed by atoms with van der Waals surface area (Å²) >= 11 is 6.60. The number of hydrogen-bond donors (Lipinski definition) is 0. The molecule has 0 radical (unpaired) electrons. The van der Waals surface area contributed by atoms with Crippen molar-refractivity contribution >= 4 is 22.5 Å². The lowest BCUT2D eigenvalue weighted by atomic mass is 10.0. The number of hydrogen-bond acceptors (Lipinski definition) is 1. The Hall–Kier alpha value is -1.86. The summed E-state index contributed by atoms with van der Waals surface area (Å²) in [5.41, 5.74) is 6.47. The highest BCUT2D eigenvalue weighted by Crippen LogP contribution is 2.34. The number of halogens is 1. The van der Waals surface area contributed by atoms with E-state index < -0.39 is 0 Å². The highest BCUT2D eigenvalue weighted by Gasteiger charge is 2.13. The minimum absolute atomic E-state index is 0.811. The maximum absolute atomic E-state index is 6.60. The van der Waals surface area contributed by atoms with Crippen LogP contribution in [0.25, 0.3) is 22.2 Å². The third-order valence-corrected chi connectivity index (χ3v) is 4.11. The fourth-order valence-corrected chi connectivity index (χ4v) is 3.03. The third kappa shape index (κ3) is 2.08. The third-order valence-electron chi connectivity index (χ3n) is 3.64. The Kier molecular flexibility index (Phi) is 3.23. The van der Waals surface area contributed by atoms with Gasteiger partial charge in [-0.05, 0) is 43.5 Å². The standard InChI is InChI=1S/C18H16ClN/c1-11-9-12(2)16-15(10-11)20-18(13(3)17(16)19)14-7-5-4-6-8-14/h4-10H,1-3H3. The first kappa shape index (κ1) is 13.1. The Morgan fingerprint density at radius 3 is 2.35 bits per heavy atom. The molecule has 0 spiro atoms. The van der Waals surface area contributed by atoms with Crippen molar-refractivity contribution in [1.29, 1.82) is 0 Å². The van der Waals surface area contributed by atoms with E-state index in [1.165, 1.54) is 11.1 Å². The summed E-state index contributed by atoms with van der Waals surface area (Å²) in [4.78, 5) is 4.84. The molecule has 0 aliphatic rings. The van der Waals surface area contributed by atoms with Gasteiger partial charge in [0.05, 0.1) is 16.2 Å². The van der Waals surface area contributed by atoms with E-state index in [-0.39, 0.29) is 0 Å². The quantitative estimate of drug-likeness (QED) is 0.575. The number of benzene rings is 2. The molecule has 0 fully saturated rings. The van der Waals surface area contributed by atoms with Gasteiger partial charge in [-0.25, -0.2) is 4.98 Å². The van der Waals surface area contributed by atoms with E-state index >= 15 is 0 Å². The summed E-state index contributed by atoms with van der Waals surface area (Å²) < 4.78 is 0. The van der Waals surface area contributed by atoms with E-state index in [0.717, 1.165) is 32.7 Å². The second kappa shape index (κ2) is 4.92. The summed E-state index contributed by atoms with van der Waals surface area (Å²) in [5.74, 6) is 0. The Morgan fingerprint density at radius 1 is 0.950 bits per heavy atom. The van der Waals surface area contributed by atoms with Crippen molar-refractivity contribution in [3.05, 3.63) is 64.2 Å². The van der Waals surface area contributed by atoms with Gasteiger partial charge in [-0.1, -0.05) is 48.0 Å². The topological polar surface area (TPSA) is 12.9 Å². The molecule has 0 amide bonds.